The summed E-state index contributed by atoms with van der Waals surface area (Å²) in [4.78, 5) is 16.0. The number of nitrogens with one attached hydrogen (secondary N) is 1. The van der Waals surface area contributed by atoms with Crippen molar-refractivity contribution in [3.63, 3.8) is 0 Å². The molecule has 2 atom stereocenters. The van der Waals surface area contributed by atoms with Crippen molar-refractivity contribution in [3.8, 4) is 0 Å². The Labute approximate surface area is 137 Å². The van der Waals surface area contributed by atoms with Crippen LogP contribution in [0.3, 0.4) is 0 Å². The lowest BCUT2D eigenvalue weighted by molar-refractivity contribution is -0.137. The predicted molar refractivity (Wildman–Crippen MR) is 82.2 cm³/mol. The third-order valence-corrected chi connectivity index (χ3v) is 3.64. The van der Waals surface area contributed by atoms with Gasteiger partial charge in [-0.15, -0.1) is 0 Å². The highest BCUT2D eigenvalue weighted by atomic mass is 19.4. The van der Waals surface area contributed by atoms with Crippen molar-refractivity contribution in [1.82, 2.24) is 10.3 Å². The summed E-state index contributed by atoms with van der Waals surface area (Å²) in [5.74, 6) is -0.402. The lowest BCUT2D eigenvalue weighted by atomic mass is 9.98. The normalized spacial score (nSPS) is 14.0. The fourth-order valence-corrected chi connectivity index (χ4v) is 2.25. The van der Waals surface area contributed by atoms with Gasteiger partial charge in [0.15, 0.2) is 0 Å². The summed E-state index contributed by atoms with van der Waals surface area (Å²) in [5, 5.41) is 13.0. The van der Waals surface area contributed by atoms with Gasteiger partial charge in [0.1, 0.15) is 0 Å². The van der Waals surface area contributed by atoms with Gasteiger partial charge < -0.3 is 10.4 Å². The fourth-order valence-electron chi connectivity index (χ4n) is 2.25. The standard InChI is InChI=1S/C17H17F3N2O2/c1-2-14(22-16(24)12-4-3-9-21-10-12)15(23)11-5-7-13(8-6-11)17(18,19)20/h3-10,14-15,23H,2H2,1H3,(H,22,24)/t14-,15-/m1/s1. The average Bonchev–Trinajstić information content (AvgIpc) is 2.59. The van der Waals surface area contributed by atoms with E-state index in [0.717, 1.165) is 12.1 Å². The van der Waals surface area contributed by atoms with Gasteiger partial charge in [-0.05, 0) is 36.2 Å². The zero-order chi connectivity index (χ0) is 17.7. The maximum Gasteiger partial charge on any atom is 0.416 e. The van der Waals surface area contributed by atoms with Gasteiger partial charge in [-0.2, -0.15) is 13.2 Å². The first-order valence-corrected chi connectivity index (χ1v) is 7.39. The van der Waals surface area contributed by atoms with E-state index >= 15 is 0 Å². The summed E-state index contributed by atoms with van der Waals surface area (Å²) in [5.41, 5.74) is -0.136. The second-order valence-electron chi connectivity index (χ2n) is 5.29. The summed E-state index contributed by atoms with van der Waals surface area (Å²) < 4.78 is 37.7. The molecule has 1 aromatic heterocycles. The van der Waals surface area contributed by atoms with E-state index in [2.05, 4.69) is 10.3 Å². The van der Waals surface area contributed by atoms with Gasteiger partial charge in [0.25, 0.3) is 5.91 Å². The number of pyridine rings is 1. The van der Waals surface area contributed by atoms with Gasteiger partial charge in [0.2, 0.25) is 0 Å². The van der Waals surface area contributed by atoms with Crippen LogP contribution in [0, 0.1) is 0 Å². The van der Waals surface area contributed by atoms with E-state index < -0.39 is 29.8 Å². The van der Waals surface area contributed by atoms with Crippen molar-refractivity contribution < 1.29 is 23.1 Å². The molecule has 4 nitrogen and oxygen atoms in total. The van der Waals surface area contributed by atoms with Crippen LogP contribution in [0.4, 0.5) is 13.2 Å². The summed E-state index contributed by atoms with van der Waals surface area (Å²) >= 11 is 0. The molecule has 1 amide bonds. The van der Waals surface area contributed by atoms with Crippen LogP contribution >= 0.6 is 0 Å². The molecule has 7 heteroatoms. The van der Waals surface area contributed by atoms with Crippen LogP contribution in [0.1, 0.15) is 40.9 Å². The number of aliphatic hydroxyl groups is 1. The Hall–Kier alpha value is -2.41. The Balaban J connectivity index is 2.11. The number of nitrogens with zero attached hydrogens (tertiary/aromatic N) is 1. The average molecular weight is 338 g/mol. The minimum absolute atomic E-state index is 0.307. The molecular formula is C17H17F3N2O2. The first-order chi connectivity index (χ1) is 11.3. The second-order valence-corrected chi connectivity index (χ2v) is 5.29. The van der Waals surface area contributed by atoms with Crippen LogP contribution in [0.25, 0.3) is 0 Å². The van der Waals surface area contributed by atoms with Gasteiger partial charge >= 0.3 is 6.18 Å². The SMILES string of the molecule is CC[C@@H](NC(=O)c1cccnc1)[C@H](O)c1ccc(C(F)(F)F)cc1. The highest BCUT2D eigenvalue weighted by Crippen LogP contribution is 2.30. The number of carbonyl (C=O) groups is 1. The Morgan fingerprint density at radius 1 is 1.25 bits per heavy atom. The number of hydrogen-bond donors (Lipinski definition) is 2. The molecule has 0 saturated heterocycles. The van der Waals surface area contributed by atoms with Gasteiger partial charge in [-0.25, -0.2) is 0 Å². The number of carbonyl (C=O) groups excluding carboxylic acids is 1. The topological polar surface area (TPSA) is 62.2 Å². The minimum atomic E-state index is -4.43. The number of benzene rings is 1. The van der Waals surface area contributed by atoms with Crippen LogP contribution in [-0.4, -0.2) is 22.0 Å². The maximum absolute atomic E-state index is 12.6. The molecule has 0 spiro atoms. The Morgan fingerprint density at radius 3 is 2.42 bits per heavy atom. The number of hydrogen-bond acceptors (Lipinski definition) is 3. The first-order valence-electron chi connectivity index (χ1n) is 7.39. The summed E-state index contributed by atoms with van der Waals surface area (Å²) in [6.45, 7) is 1.77. The highest BCUT2D eigenvalue weighted by Gasteiger charge is 2.30. The molecule has 24 heavy (non-hydrogen) atoms. The van der Waals surface area contributed by atoms with E-state index in [-0.39, 0.29) is 0 Å². The smallest absolute Gasteiger partial charge is 0.386 e. The van der Waals surface area contributed by atoms with Crippen LogP contribution in [0.5, 0.6) is 0 Å². The second kappa shape index (κ2) is 7.44. The summed E-state index contributed by atoms with van der Waals surface area (Å²) in [6.07, 6.45) is -2.20. The van der Waals surface area contributed by atoms with E-state index in [9.17, 15) is 23.1 Å². The number of aliphatic hydroxyl groups excluding tert-OH is 1. The molecule has 2 aromatic rings. The molecule has 0 aliphatic heterocycles. The van der Waals surface area contributed by atoms with E-state index in [4.69, 9.17) is 0 Å². The largest absolute Gasteiger partial charge is 0.416 e. The summed E-state index contributed by atoms with van der Waals surface area (Å²) in [7, 11) is 0. The van der Waals surface area contributed by atoms with Crippen molar-refractivity contribution in [2.45, 2.75) is 31.7 Å². The Morgan fingerprint density at radius 2 is 1.92 bits per heavy atom. The number of alkyl halides is 3. The zero-order valence-corrected chi connectivity index (χ0v) is 12.9. The van der Waals surface area contributed by atoms with Crippen LogP contribution in [-0.2, 0) is 6.18 Å². The molecule has 0 bridgehead atoms. The number of halogens is 3. The van der Waals surface area contributed by atoms with Crippen molar-refractivity contribution in [2.24, 2.45) is 0 Å². The van der Waals surface area contributed by atoms with Gasteiger partial charge in [0, 0.05) is 12.4 Å². The van der Waals surface area contributed by atoms with Crippen molar-refractivity contribution >= 4 is 5.91 Å². The van der Waals surface area contributed by atoms with Crippen LogP contribution in [0.2, 0.25) is 0 Å². The van der Waals surface area contributed by atoms with Gasteiger partial charge in [-0.1, -0.05) is 19.1 Å². The minimum Gasteiger partial charge on any atom is -0.386 e. The Bertz CT molecular complexity index is 672. The lowest BCUT2D eigenvalue weighted by Gasteiger charge is -2.23. The molecule has 128 valence electrons. The molecule has 2 rings (SSSR count). The monoisotopic (exact) mass is 338 g/mol. The van der Waals surface area contributed by atoms with E-state index in [1.165, 1.54) is 24.5 Å². The molecule has 0 aliphatic carbocycles. The zero-order valence-electron chi connectivity index (χ0n) is 12.9. The van der Waals surface area contributed by atoms with Crippen LogP contribution in [0.15, 0.2) is 48.8 Å². The van der Waals surface area contributed by atoms with Crippen LogP contribution < -0.4 is 5.32 Å². The molecule has 2 N–H and O–H groups in total. The number of aromatic nitrogens is 1. The molecule has 0 aliphatic rings. The third-order valence-electron chi connectivity index (χ3n) is 3.64. The van der Waals surface area contributed by atoms with E-state index in [1.807, 2.05) is 0 Å². The predicted octanol–water partition coefficient (Wildman–Crippen LogP) is 3.34. The molecule has 0 saturated carbocycles. The Kier molecular flexibility index (Phi) is 5.56. The molecule has 0 radical (unpaired) electrons. The summed E-state index contributed by atoms with van der Waals surface area (Å²) in [6, 6.07) is 6.82. The van der Waals surface area contributed by atoms with Crippen molar-refractivity contribution in [2.75, 3.05) is 0 Å². The quantitative estimate of drug-likeness (QED) is 0.879. The molecule has 1 aromatic carbocycles. The first kappa shape index (κ1) is 17.9. The van der Waals surface area contributed by atoms with E-state index in [1.54, 1.807) is 19.1 Å². The van der Waals surface area contributed by atoms with E-state index in [0.29, 0.717) is 17.5 Å². The molecule has 0 unspecified atom stereocenters. The van der Waals surface area contributed by atoms with Crippen molar-refractivity contribution in [1.29, 1.82) is 0 Å². The third kappa shape index (κ3) is 4.32. The highest BCUT2D eigenvalue weighted by molar-refractivity contribution is 5.94. The molecule has 0 fully saturated rings. The van der Waals surface area contributed by atoms with Crippen molar-refractivity contribution in [3.05, 3.63) is 65.5 Å². The van der Waals surface area contributed by atoms with Gasteiger partial charge in [-0.3, -0.25) is 9.78 Å². The van der Waals surface area contributed by atoms with Gasteiger partial charge in [0.05, 0.1) is 23.3 Å². The maximum atomic E-state index is 12.6. The number of rotatable bonds is 5. The molecular weight excluding hydrogens is 321 g/mol. The molecule has 1 heterocycles. The fraction of sp³-hybridized carbons (Fsp3) is 0.294. The number of amides is 1. The lowest BCUT2D eigenvalue weighted by Crippen LogP contribution is -2.39.